The Labute approximate surface area is 174 Å². The van der Waals surface area contributed by atoms with Crippen molar-refractivity contribution in [3.05, 3.63) is 53.0 Å². The number of amides is 1. The van der Waals surface area contributed by atoms with Crippen LogP contribution in [0, 0.1) is 0 Å². The lowest BCUT2D eigenvalue weighted by Gasteiger charge is -2.27. The monoisotopic (exact) mass is 414 g/mol. The highest BCUT2D eigenvalue weighted by molar-refractivity contribution is 6.33. The molecule has 29 heavy (non-hydrogen) atoms. The second kappa shape index (κ2) is 8.29. The number of rotatable bonds is 4. The van der Waals surface area contributed by atoms with Crippen molar-refractivity contribution in [1.29, 1.82) is 0 Å². The van der Waals surface area contributed by atoms with Gasteiger partial charge in [-0.15, -0.1) is 0 Å². The predicted molar refractivity (Wildman–Crippen MR) is 109 cm³/mol. The van der Waals surface area contributed by atoms with Crippen molar-refractivity contribution in [2.24, 2.45) is 7.05 Å². The van der Waals surface area contributed by atoms with E-state index in [2.05, 4.69) is 10.3 Å². The molecule has 152 valence electrons. The minimum Gasteiger partial charge on any atom is -0.497 e. The molecule has 2 aromatic heterocycles. The Hall–Kier alpha value is -2.80. The third-order valence-electron chi connectivity index (χ3n) is 5.24. The fraction of sp³-hybridized carbons (Fsp3) is 0.381. The van der Waals surface area contributed by atoms with Gasteiger partial charge in [-0.05, 0) is 37.1 Å². The van der Waals surface area contributed by atoms with Gasteiger partial charge < -0.3 is 14.2 Å². The Morgan fingerprint density at radius 2 is 2.03 bits per heavy atom. The van der Waals surface area contributed by atoms with Crippen LogP contribution in [-0.2, 0) is 7.05 Å². The van der Waals surface area contributed by atoms with Crippen molar-refractivity contribution >= 4 is 17.5 Å². The molecule has 1 saturated heterocycles. The van der Waals surface area contributed by atoms with Crippen molar-refractivity contribution < 1.29 is 14.1 Å². The van der Waals surface area contributed by atoms with Crippen molar-refractivity contribution in [2.75, 3.05) is 13.7 Å². The van der Waals surface area contributed by atoms with Crippen LogP contribution in [0.25, 0.3) is 11.3 Å². The first-order valence-corrected chi connectivity index (χ1v) is 10.1. The molecule has 8 heteroatoms. The van der Waals surface area contributed by atoms with E-state index < -0.39 is 0 Å². The highest BCUT2D eigenvalue weighted by Crippen LogP contribution is 2.34. The molecular weight excluding hydrogens is 392 g/mol. The summed E-state index contributed by atoms with van der Waals surface area (Å²) < 4.78 is 12.4. The van der Waals surface area contributed by atoms with Crippen LogP contribution >= 0.6 is 11.6 Å². The van der Waals surface area contributed by atoms with Crippen LogP contribution in [0.15, 0.2) is 41.1 Å². The van der Waals surface area contributed by atoms with Crippen LogP contribution in [0.5, 0.6) is 5.75 Å². The maximum Gasteiger partial charge on any atom is 0.276 e. The summed E-state index contributed by atoms with van der Waals surface area (Å²) >= 11 is 6.23. The summed E-state index contributed by atoms with van der Waals surface area (Å²) in [4.78, 5) is 15.0. The van der Waals surface area contributed by atoms with E-state index in [9.17, 15) is 4.79 Å². The number of halogens is 1. The largest absolute Gasteiger partial charge is 0.497 e. The zero-order valence-corrected chi connectivity index (χ0v) is 17.2. The van der Waals surface area contributed by atoms with Gasteiger partial charge in [-0.2, -0.15) is 5.10 Å². The molecule has 3 aromatic rings. The minimum absolute atomic E-state index is 0.176. The molecule has 4 rings (SSSR count). The van der Waals surface area contributed by atoms with Crippen LogP contribution in [0.2, 0.25) is 5.02 Å². The topological polar surface area (TPSA) is 73.4 Å². The smallest absolute Gasteiger partial charge is 0.276 e. The van der Waals surface area contributed by atoms with Crippen LogP contribution in [0.4, 0.5) is 0 Å². The molecular formula is C21H23ClN4O3. The lowest BCUT2D eigenvalue weighted by atomic mass is 10.1. The van der Waals surface area contributed by atoms with Gasteiger partial charge in [0, 0.05) is 31.4 Å². The minimum atomic E-state index is -0.192. The van der Waals surface area contributed by atoms with E-state index in [1.165, 1.54) is 0 Å². The molecule has 1 atom stereocenters. The standard InChI is InChI=1S/C21H23ClN4O3/c1-25-13-16(22)20(23-25)21(27)26-11-5-3-4-6-18(26)19-12-17(24-29-19)14-7-9-15(28-2)10-8-14/h7-10,12-13,18H,3-6,11H2,1-2H3/t18-/m0/s1. The summed E-state index contributed by atoms with van der Waals surface area (Å²) in [5, 5.41) is 8.84. The van der Waals surface area contributed by atoms with Gasteiger partial charge >= 0.3 is 0 Å². The first-order chi connectivity index (χ1) is 14.1. The average Bonchev–Trinajstić information content (AvgIpc) is 3.26. The number of methoxy groups -OCH3 is 1. The number of nitrogens with zero attached hydrogens (tertiary/aromatic N) is 4. The summed E-state index contributed by atoms with van der Waals surface area (Å²) in [6.45, 7) is 0.634. The third kappa shape index (κ3) is 4.00. The first kappa shape index (κ1) is 19.5. The summed E-state index contributed by atoms with van der Waals surface area (Å²) in [7, 11) is 3.38. The lowest BCUT2D eigenvalue weighted by Crippen LogP contribution is -2.35. The molecule has 0 aliphatic carbocycles. The Bertz CT molecular complexity index is 996. The number of aryl methyl sites for hydroxylation is 1. The second-order valence-corrected chi connectivity index (χ2v) is 7.61. The molecule has 1 aliphatic heterocycles. The number of benzene rings is 1. The lowest BCUT2D eigenvalue weighted by molar-refractivity contribution is 0.0644. The van der Waals surface area contributed by atoms with Crippen molar-refractivity contribution in [3.8, 4) is 17.0 Å². The maximum absolute atomic E-state index is 13.2. The Morgan fingerprint density at radius 1 is 1.24 bits per heavy atom. The SMILES string of the molecule is COc1ccc(-c2cc([C@@H]3CCCCCN3C(=O)c3nn(C)cc3Cl)on2)cc1. The molecule has 1 amide bonds. The van der Waals surface area contributed by atoms with Gasteiger partial charge in [-0.3, -0.25) is 9.48 Å². The van der Waals surface area contributed by atoms with Gasteiger partial charge in [0.05, 0.1) is 18.2 Å². The molecule has 1 aliphatic rings. The summed E-state index contributed by atoms with van der Waals surface area (Å²) in [5.74, 6) is 1.29. The molecule has 3 heterocycles. The van der Waals surface area contributed by atoms with Crippen LogP contribution < -0.4 is 4.74 Å². The number of ether oxygens (including phenoxy) is 1. The molecule has 0 bridgehead atoms. The van der Waals surface area contributed by atoms with Gasteiger partial charge in [-0.25, -0.2) is 0 Å². The fourth-order valence-electron chi connectivity index (χ4n) is 3.73. The van der Waals surface area contributed by atoms with Crippen molar-refractivity contribution in [3.63, 3.8) is 0 Å². The number of hydrogen-bond acceptors (Lipinski definition) is 5. The van der Waals surface area contributed by atoms with E-state index in [4.69, 9.17) is 20.9 Å². The molecule has 0 saturated carbocycles. The molecule has 0 N–H and O–H groups in total. The maximum atomic E-state index is 13.2. The molecule has 0 unspecified atom stereocenters. The number of carbonyl (C=O) groups excluding carboxylic acids is 1. The molecule has 0 radical (unpaired) electrons. The number of hydrogen-bond donors (Lipinski definition) is 0. The summed E-state index contributed by atoms with van der Waals surface area (Å²) in [5.41, 5.74) is 1.94. The van der Waals surface area contributed by atoms with E-state index in [0.717, 1.165) is 42.7 Å². The Morgan fingerprint density at radius 3 is 2.72 bits per heavy atom. The summed E-state index contributed by atoms with van der Waals surface area (Å²) in [6, 6.07) is 9.36. The van der Waals surface area contributed by atoms with Gasteiger partial charge in [0.25, 0.3) is 5.91 Å². The highest BCUT2D eigenvalue weighted by Gasteiger charge is 2.32. The highest BCUT2D eigenvalue weighted by atomic mass is 35.5. The first-order valence-electron chi connectivity index (χ1n) is 9.68. The van der Waals surface area contributed by atoms with Gasteiger partial charge in [-0.1, -0.05) is 29.6 Å². The number of carbonyl (C=O) groups is 1. The van der Waals surface area contributed by atoms with Gasteiger partial charge in [0.15, 0.2) is 11.5 Å². The predicted octanol–water partition coefficient (Wildman–Crippen LogP) is 4.49. The van der Waals surface area contributed by atoms with E-state index in [1.54, 1.807) is 25.0 Å². The Kier molecular flexibility index (Phi) is 5.58. The second-order valence-electron chi connectivity index (χ2n) is 7.21. The van der Waals surface area contributed by atoms with E-state index in [1.807, 2.05) is 35.2 Å². The van der Waals surface area contributed by atoms with Crippen molar-refractivity contribution in [1.82, 2.24) is 19.8 Å². The Balaban J connectivity index is 1.63. The molecule has 1 fully saturated rings. The molecule has 1 aromatic carbocycles. The number of likely N-dealkylation sites (tertiary alicyclic amines) is 1. The normalized spacial score (nSPS) is 17.2. The van der Waals surface area contributed by atoms with Gasteiger partial charge in [0.1, 0.15) is 11.4 Å². The number of aromatic nitrogens is 3. The molecule has 0 spiro atoms. The van der Waals surface area contributed by atoms with Crippen LogP contribution in [0.1, 0.15) is 48.0 Å². The summed E-state index contributed by atoms with van der Waals surface area (Å²) in [6.07, 6.45) is 5.47. The van der Waals surface area contributed by atoms with E-state index in [0.29, 0.717) is 17.3 Å². The average molecular weight is 415 g/mol. The third-order valence-corrected chi connectivity index (χ3v) is 5.52. The zero-order valence-electron chi connectivity index (χ0n) is 16.5. The van der Waals surface area contributed by atoms with E-state index >= 15 is 0 Å². The van der Waals surface area contributed by atoms with Gasteiger partial charge in [0.2, 0.25) is 0 Å². The van der Waals surface area contributed by atoms with E-state index in [-0.39, 0.29) is 17.6 Å². The quantitative estimate of drug-likeness (QED) is 0.628. The van der Waals surface area contributed by atoms with Crippen LogP contribution in [0.3, 0.4) is 0 Å². The zero-order chi connectivity index (χ0) is 20.4. The molecule has 7 nitrogen and oxygen atoms in total. The van der Waals surface area contributed by atoms with Crippen LogP contribution in [-0.4, -0.2) is 39.4 Å². The van der Waals surface area contributed by atoms with Crippen molar-refractivity contribution in [2.45, 2.75) is 31.7 Å². The fourth-order valence-corrected chi connectivity index (χ4v) is 3.99.